The van der Waals surface area contributed by atoms with Crippen LogP contribution in [0.25, 0.3) is 0 Å². The van der Waals surface area contributed by atoms with Crippen molar-refractivity contribution in [3.63, 3.8) is 0 Å². The largest absolute Gasteiger partial charge is 0.380 e. The molecule has 1 aliphatic carbocycles. The van der Waals surface area contributed by atoms with Crippen LogP contribution in [0.15, 0.2) is 53.5 Å². The highest BCUT2D eigenvalue weighted by Gasteiger charge is 2.59. The first-order valence-corrected chi connectivity index (χ1v) is 12.3. The van der Waals surface area contributed by atoms with Crippen LogP contribution in [0.4, 0.5) is 4.79 Å². The van der Waals surface area contributed by atoms with E-state index in [1.54, 1.807) is 67.3 Å². The summed E-state index contributed by atoms with van der Waals surface area (Å²) in [7, 11) is 0. The molecule has 1 saturated heterocycles. The fraction of sp³-hybridized carbons (Fsp3) is 0.407. The van der Waals surface area contributed by atoms with Gasteiger partial charge in [0.15, 0.2) is 23.3 Å². The van der Waals surface area contributed by atoms with Crippen molar-refractivity contribution in [1.82, 2.24) is 9.80 Å². The van der Waals surface area contributed by atoms with Gasteiger partial charge in [-0.05, 0) is 43.4 Å². The minimum Gasteiger partial charge on any atom is -0.380 e. The van der Waals surface area contributed by atoms with Crippen molar-refractivity contribution in [2.24, 2.45) is 10.7 Å². The van der Waals surface area contributed by atoms with Gasteiger partial charge in [-0.3, -0.25) is 14.5 Å². The van der Waals surface area contributed by atoms with Gasteiger partial charge in [-0.15, -0.1) is 0 Å². The molecule has 10 heteroatoms. The number of aliphatic hydroxyl groups is 2. The SMILES string of the molecule is Cc1ccccc1C(=O)[C@]1(O)C[C@H](N2CN(C3CC3)C(N)=NC2=O)O[C@@H]1C(=O)C(O)c1ccccc1C. The van der Waals surface area contributed by atoms with Crippen molar-refractivity contribution in [2.75, 3.05) is 6.67 Å². The molecule has 0 radical (unpaired) electrons. The molecule has 0 spiro atoms. The van der Waals surface area contributed by atoms with Crippen LogP contribution >= 0.6 is 0 Å². The molecule has 1 saturated carbocycles. The molecule has 2 aliphatic heterocycles. The lowest BCUT2D eigenvalue weighted by molar-refractivity contribution is -0.149. The van der Waals surface area contributed by atoms with Crippen molar-refractivity contribution in [2.45, 2.75) is 63.2 Å². The number of nitrogens with zero attached hydrogens (tertiary/aromatic N) is 3. The molecule has 0 aromatic heterocycles. The molecule has 2 fully saturated rings. The first-order valence-electron chi connectivity index (χ1n) is 12.3. The van der Waals surface area contributed by atoms with E-state index in [0.717, 1.165) is 12.8 Å². The van der Waals surface area contributed by atoms with E-state index in [-0.39, 0.29) is 30.7 Å². The predicted molar refractivity (Wildman–Crippen MR) is 133 cm³/mol. The number of carbonyl (C=O) groups excluding carboxylic acids is 3. The molecule has 0 bridgehead atoms. The van der Waals surface area contributed by atoms with Gasteiger partial charge in [-0.25, -0.2) is 4.79 Å². The zero-order chi connectivity index (χ0) is 26.5. The number of hydrogen-bond acceptors (Lipinski definition) is 8. The average molecular weight is 507 g/mol. The van der Waals surface area contributed by atoms with Crippen LogP contribution in [0.5, 0.6) is 0 Å². The van der Waals surface area contributed by atoms with E-state index in [0.29, 0.717) is 16.7 Å². The lowest BCUT2D eigenvalue weighted by Gasteiger charge is -2.36. The molecule has 10 nitrogen and oxygen atoms in total. The van der Waals surface area contributed by atoms with Crippen molar-refractivity contribution >= 4 is 23.6 Å². The number of guanidine groups is 1. The van der Waals surface area contributed by atoms with Crippen LogP contribution in [-0.4, -0.2) is 74.2 Å². The maximum absolute atomic E-state index is 13.7. The Labute approximate surface area is 214 Å². The zero-order valence-corrected chi connectivity index (χ0v) is 20.7. The lowest BCUT2D eigenvalue weighted by Crippen LogP contribution is -2.55. The number of ether oxygens (including phenoxy) is 1. The Morgan fingerprint density at radius 3 is 2.38 bits per heavy atom. The van der Waals surface area contributed by atoms with E-state index in [1.165, 1.54) is 4.90 Å². The third-order valence-electron chi connectivity index (χ3n) is 7.40. The van der Waals surface area contributed by atoms with Crippen molar-refractivity contribution in [3.8, 4) is 0 Å². The number of amides is 2. The van der Waals surface area contributed by atoms with Gasteiger partial charge in [0.1, 0.15) is 19.0 Å². The molecule has 4 atom stereocenters. The quantitative estimate of drug-likeness (QED) is 0.482. The van der Waals surface area contributed by atoms with E-state index >= 15 is 0 Å². The number of rotatable bonds is 7. The molecule has 5 rings (SSSR count). The lowest BCUT2D eigenvalue weighted by atomic mass is 9.81. The summed E-state index contributed by atoms with van der Waals surface area (Å²) in [6.45, 7) is 3.53. The number of nitrogens with two attached hydrogens (primary N) is 1. The van der Waals surface area contributed by atoms with Crippen LogP contribution < -0.4 is 5.73 Å². The number of carbonyl (C=O) groups is 3. The maximum Gasteiger partial charge on any atom is 0.350 e. The molecule has 2 aromatic carbocycles. The molecule has 2 aromatic rings. The van der Waals surface area contributed by atoms with Gasteiger partial charge in [0.2, 0.25) is 5.96 Å². The predicted octanol–water partition coefficient (Wildman–Crippen LogP) is 1.81. The van der Waals surface area contributed by atoms with E-state index < -0.39 is 41.6 Å². The summed E-state index contributed by atoms with van der Waals surface area (Å²) in [6, 6.07) is 13.0. The second-order valence-electron chi connectivity index (χ2n) is 9.97. The molecule has 37 heavy (non-hydrogen) atoms. The molecule has 2 heterocycles. The minimum absolute atomic E-state index is 0.0550. The summed E-state index contributed by atoms with van der Waals surface area (Å²) in [5.41, 5.74) is 5.48. The smallest absolute Gasteiger partial charge is 0.350 e. The highest BCUT2D eigenvalue weighted by Crippen LogP contribution is 2.40. The standard InChI is InChI=1S/C27H30N4O6/c1-15-7-3-5-9-18(15)21(32)22(33)24-27(36,23(34)19-10-6-4-8-16(19)2)13-20(37-24)31-14-30(17-11-12-17)25(28)29-26(31)35/h3-10,17,20-21,24,32,36H,11-14H2,1-2H3,(H2,28,29,35)/t20-,21?,24-,27-/m1/s1. The van der Waals surface area contributed by atoms with Crippen molar-refractivity contribution in [1.29, 1.82) is 0 Å². The highest BCUT2D eigenvalue weighted by atomic mass is 16.5. The van der Waals surface area contributed by atoms with Crippen molar-refractivity contribution < 1.29 is 29.3 Å². The maximum atomic E-state index is 13.7. The second kappa shape index (κ2) is 9.37. The molecule has 4 N–H and O–H groups in total. The number of ketones is 2. The molecular formula is C27H30N4O6. The topological polar surface area (TPSA) is 146 Å². The van der Waals surface area contributed by atoms with E-state index in [2.05, 4.69) is 4.99 Å². The number of Topliss-reactive ketones (excluding diaryl/α,β-unsaturated/α-hetero) is 2. The number of aryl methyl sites for hydroxylation is 2. The Hall–Kier alpha value is -3.60. The summed E-state index contributed by atoms with van der Waals surface area (Å²) in [5.74, 6) is -1.47. The normalized spacial score (nSPS) is 26.7. The van der Waals surface area contributed by atoms with Gasteiger partial charge in [0.05, 0.1) is 0 Å². The van der Waals surface area contributed by atoms with Gasteiger partial charge in [0.25, 0.3) is 0 Å². The third-order valence-corrected chi connectivity index (χ3v) is 7.40. The molecule has 3 aliphatic rings. The molecule has 2 amide bonds. The first-order chi connectivity index (χ1) is 17.6. The van der Waals surface area contributed by atoms with Gasteiger partial charge < -0.3 is 25.6 Å². The van der Waals surface area contributed by atoms with E-state index in [1.807, 2.05) is 0 Å². The minimum atomic E-state index is -2.32. The fourth-order valence-electron chi connectivity index (χ4n) is 5.07. The van der Waals surface area contributed by atoms with Gasteiger partial charge in [-0.2, -0.15) is 4.99 Å². The Bertz CT molecular complexity index is 1290. The van der Waals surface area contributed by atoms with Crippen LogP contribution in [0.3, 0.4) is 0 Å². The average Bonchev–Trinajstić information content (AvgIpc) is 3.65. The Morgan fingerprint density at radius 1 is 1.08 bits per heavy atom. The number of benzene rings is 2. The summed E-state index contributed by atoms with van der Waals surface area (Å²) in [5, 5.41) is 22.8. The number of aliphatic imine (C=N–C) groups is 1. The Morgan fingerprint density at radius 2 is 1.73 bits per heavy atom. The fourth-order valence-corrected chi connectivity index (χ4v) is 5.07. The molecule has 1 unspecified atom stereocenters. The zero-order valence-electron chi connectivity index (χ0n) is 20.7. The van der Waals surface area contributed by atoms with Crippen LogP contribution in [0, 0.1) is 13.8 Å². The van der Waals surface area contributed by atoms with Gasteiger partial charge in [0, 0.05) is 18.0 Å². The Balaban J connectivity index is 1.51. The summed E-state index contributed by atoms with van der Waals surface area (Å²) >= 11 is 0. The van der Waals surface area contributed by atoms with Crippen LogP contribution in [-0.2, 0) is 9.53 Å². The number of aliphatic hydroxyl groups excluding tert-OH is 1. The summed E-state index contributed by atoms with van der Waals surface area (Å²) < 4.78 is 5.99. The van der Waals surface area contributed by atoms with Crippen LogP contribution in [0.1, 0.15) is 52.4 Å². The monoisotopic (exact) mass is 506 g/mol. The van der Waals surface area contributed by atoms with E-state index in [9.17, 15) is 24.6 Å². The van der Waals surface area contributed by atoms with Gasteiger partial charge in [-0.1, -0.05) is 48.5 Å². The highest BCUT2D eigenvalue weighted by molar-refractivity contribution is 6.08. The third kappa shape index (κ3) is 4.41. The number of urea groups is 1. The molecular weight excluding hydrogens is 476 g/mol. The van der Waals surface area contributed by atoms with Crippen molar-refractivity contribution in [3.05, 3.63) is 70.8 Å². The number of hydrogen-bond donors (Lipinski definition) is 3. The Kier molecular flexibility index (Phi) is 6.35. The van der Waals surface area contributed by atoms with Gasteiger partial charge >= 0.3 is 6.03 Å². The molecule has 194 valence electrons. The second-order valence-corrected chi connectivity index (χ2v) is 9.97. The van der Waals surface area contributed by atoms with E-state index in [4.69, 9.17) is 10.5 Å². The first kappa shape index (κ1) is 25.1. The van der Waals surface area contributed by atoms with Crippen LogP contribution in [0.2, 0.25) is 0 Å². The summed E-state index contributed by atoms with van der Waals surface area (Å²) in [6.07, 6.45) is -3.05. The summed E-state index contributed by atoms with van der Waals surface area (Å²) in [4.78, 5) is 47.1.